The smallest absolute Gasteiger partial charge is 0.125 e. The van der Waals surface area contributed by atoms with Gasteiger partial charge in [0.1, 0.15) is 12.4 Å². The van der Waals surface area contributed by atoms with E-state index in [2.05, 4.69) is 42.3 Å². The molecule has 1 saturated heterocycles. The van der Waals surface area contributed by atoms with E-state index in [9.17, 15) is 0 Å². The minimum atomic E-state index is 0.794. The lowest BCUT2D eigenvalue weighted by Crippen LogP contribution is -2.38. The van der Waals surface area contributed by atoms with Crippen LogP contribution >= 0.6 is 0 Å². The molecule has 0 aromatic heterocycles. The summed E-state index contributed by atoms with van der Waals surface area (Å²) in [6, 6.07) is 6.32. The predicted molar refractivity (Wildman–Crippen MR) is 84.5 cm³/mol. The van der Waals surface area contributed by atoms with Crippen LogP contribution in [0.15, 0.2) is 18.2 Å². The number of para-hydroxylation sites is 1. The molecule has 0 aliphatic carbocycles. The maximum atomic E-state index is 5.99. The molecule has 1 aliphatic rings. The maximum absolute atomic E-state index is 5.99. The van der Waals surface area contributed by atoms with Crippen molar-refractivity contribution in [1.82, 2.24) is 10.2 Å². The summed E-state index contributed by atoms with van der Waals surface area (Å²) in [5.74, 6) is 1.92. The lowest BCUT2D eigenvalue weighted by Gasteiger charge is -2.31. The second-order valence-electron chi connectivity index (χ2n) is 5.91. The van der Waals surface area contributed by atoms with Gasteiger partial charge in [0.15, 0.2) is 0 Å². The van der Waals surface area contributed by atoms with Gasteiger partial charge in [-0.15, -0.1) is 0 Å². The van der Waals surface area contributed by atoms with E-state index < -0.39 is 0 Å². The third-order valence-electron chi connectivity index (χ3n) is 4.26. The van der Waals surface area contributed by atoms with Crippen molar-refractivity contribution in [1.29, 1.82) is 0 Å². The molecule has 1 N–H and O–H groups in total. The standard InChI is InChI=1S/C17H28N2O/c1-14-5-4-6-15(2)17(14)20-12-11-19-9-7-16(8-10-19)13-18-3/h4-6,16,18H,7-13H2,1-3H3. The number of benzene rings is 1. The van der Waals surface area contributed by atoms with E-state index in [4.69, 9.17) is 4.74 Å². The summed E-state index contributed by atoms with van der Waals surface area (Å²) in [6.07, 6.45) is 2.62. The molecular weight excluding hydrogens is 248 g/mol. The second kappa shape index (κ2) is 7.65. The first-order chi connectivity index (χ1) is 9.70. The highest BCUT2D eigenvalue weighted by atomic mass is 16.5. The number of hydrogen-bond donors (Lipinski definition) is 1. The molecule has 0 amide bonds. The predicted octanol–water partition coefficient (Wildman–Crippen LogP) is 2.61. The van der Waals surface area contributed by atoms with Crippen LogP contribution in [0.3, 0.4) is 0 Å². The minimum absolute atomic E-state index is 0.794. The highest BCUT2D eigenvalue weighted by molar-refractivity contribution is 5.39. The van der Waals surface area contributed by atoms with Crippen LogP contribution in [0.1, 0.15) is 24.0 Å². The van der Waals surface area contributed by atoms with Crippen LogP contribution in [-0.4, -0.2) is 44.7 Å². The van der Waals surface area contributed by atoms with E-state index in [1.807, 2.05) is 7.05 Å². The highest BCUT2D eigenvalue weighted by Gasteiger charge is 2.18. The number of nitrogens with zero attached hydrogens (tertiary/aromatic N) is 1. The van der Waals surface area contributed by atoms with Gasteiger partial charge in [0, 0.05) is 6.54 Å². The molecule has 3 heteroatoms. The molecule has 1 aromatic carbocycles. The summed E-state index contributed by atoms with van der Waals surface area (Å²) in [6.45, 7) is 9.65. The van der Waals surface area contributed by atoms with Crippen molar-refractivity contribution in [3.05, 3.63) is 29.3 Å². The number of ether oxygens (including phenoxy) is 1. The Balaban J connectivity index is 1.72. The van der Waals surface area contributed by atoms with Crippen molar-refractivity contribution in [3.63, 3.8) is 0 Å². The SMILES string of the molecule is CNCC1CCN(CCOc2c(C)cccc2C)CC1. The van der Waals surface area contributed by atoms with Gasteiger partial charge in [-0.2, -0.15) is 0 Å². The summed E-state index contributed by atoms with van der Waals surface area (Å²) in [5, 5.41) is 3.29. The van der Waals surface area contributed by atoms with E-state index >= 15 is 0 Å². The van der Waals surface area contributed by atoms with Crippen molar-refractivity contribution in [2.45, 2.75) is 26.7 Å². The fourth-order valence-corrected chi connectivity index (χ4v) is 3.01. The molecule has 2 rings (SSSR count). The van der Waals surface area contributed by atoms with Crippen molar-refractivity contribution < 1.29 is 4.74 Å². The van der Waals surface area contributed by atoms with Crippen LogP contribution < -0.4 is 10.1 Å². The summed E-state index contributed by atoms with van der Waals surface area (Å²) in [7, 11) is 2.05. The van der Waals surface area contributed by atoms with Gasteiger partial charge in [0.25, 0.3) is 0 Å². The highest BCUT2D eigenvalue weighted by Crippen LogP contribution is 2.22. The molecule has 0 unspecified atom stereocenters. The van der Waals surface area contributed by atoms with Gasteiger partial charge in [0.2, 0.25) is 0 Å². The zero-order valence-electron chi connectivity index (χ0n) is 13.1. The van der Waals surface area contributed by atoms with Gasteiger partial charge in [0.05, 0.1) is 0 Å². The Bertz CT molecular complexity index is 391. The summed E-state index contributed by atoms with van der Waals surface area (Å²) < 4.78 is 5.99. The molecule has 0 atom stereocenters. The Morgan fingerprint density at radius 3 is 2.45 bits per heavy atom. The van der Waals surface area contributed by atoms with Gasteiger partial charge >= 0.3 is 0 Å². The summed E-state index contributed by atoms with van der Waals surface area (Å²) in [4.78, 5) is 2.53. The first kappa shape index (κ1) is 15.3. The molecule has 0 bridgehead atoms. The number of nitrogens with one attached hydrogen (secondary N) is 1. The first-order valence-corrected chi connectivity index (χ1v) is 7.76. The maximum Gasteiger partial charge on any atom is 0.125 e. The van der Waals surface area contributed by atoms with Crippen LogP contribution in [-0.2, 0) is 0 Å². The molecule has 1 aromatic rings. The Labute approximate surface area is 123 Å². The molecule has 1 heterocycles. The van der Waals surface area contributed by atoms with Crippen LogP contribution in [0, 0.1) is 19.8 Å². The third-order valence-corrected chi connectivity index (χ3v) is 4.26. The summed E-state index contributed by atoms with van der Waals surface area (Å²) in [5.41, 5.74) is 2.47. The van der Waals surface area contributed by atoms with Crippen LogP contribution in [0.25, 0.3) is 0 Å². The van der Waals surface area contributed by atoms with Gasteiger partial charge in [-0.3, -0.25) is 4.90 Å². The molecular formula is C17H28N2O. The molecule has 112 valence electrons. The van der Waals surface area contributed by atoms with Gasteiger partial charge < -0.3 is 10.1 Å². The Morgan fingerprint density at radius 1 is 1.20 bits per heavy atom. The van der Waals surface area contributed by atoms with Gasteiger partial charge in [-0.1, -0.05) is 18.2 Å². The zero-order chi connectivity index (χ0) is 14.4. The molecule has 1 aliphatic heterocycles. The van der Waals surface area contributed by atoms with Crippen LogP contribution in [0.4, 0.5) is 0 Å². The molecule has 20 heavy (non-hydrogen) atoms. The molecule has 0 spiro atoms. The number of piperidine rings is 1. The number of aryl methyl sites for hydroxylation is 2. The normalized spacial score (nSPS) is 17.4. The van der Waals surface area contributed by atoms with Gasteiger partial charge in [-0.05, 0) is 70.4 Å². The van der Waals surface area contributed by atoms with Crippen LogP contribution in [0.5, 0.6) is 5.75 Å². The number of likely N-dealkylation sites (tertiary alicyclic amines) is 1. The largest absolute Gasteiger partial charge is 0.492 e. The minimum Gasteiger partial charge on any atom is -0.492 e. The van der Waals surface area contributed by atoms with E-state index in [0.717, 1.165) is 31.4 Å². The molecule has 1 fully saturated rings. The van der Waals surface area contributed by atoms with E-state index in [1.54, 1.807) is 0 Å². The van der Waals surface area contributed by atoms with E-state index in [-0.39, 0.29) is 0 Å². The monoisotopic (exact) mass is 276 g/mol. The number of rotatable bonds is 6. The lowest BCUT2D eigenvalue weighted by atomic mass is 9.97. The average Bonchev–Trinajstić information content (AvgIpc) is 2.44. The quantitative estimate of drug-likeness (QED) is 0.864. The third kappa shape index (κ3) is 4.22. The molecule has 3 nitrogen and oxygen atoms in total. The second-order valence-corrected chi connectivity index (χ2v) is 5.91. The zero-order valence-corrected chi connectivity index (χ0v) is 13.1. The van der Waals surface area contributed by atoms with Crippen LogP contribution in [0.2, 0.25) is 0 Å². The topological polar surface area (TPSA) is 24.5 Å². The van der Waals surface area contributed by atoms with Crippen molar-refractivity contribution in [3.8, 4) is 5.75 Å². The Morgan fingerprint density at radius 2 is 1.85 bits per heavy atom. The Hall–Kier alpha value is -1.06. The van der Waals surface area contributed by atoms with E-state index in [1.165, 1.54) is 37.1 Å². The molecule has 0 radical (unpaired) electrons. The lowest BCUT2D eigenvalue weighted by molar-refractivity contribution is 0.154. The molecule has 0 saturated carbocycles. The summed E-state index contributed by atoms with van der Waals surface area (Å²) >= 11 is 0. The average molecular weight is 276 g/mol. The van der Waals surface area contributed by atoms with Crippen molar-refractivity contribution in [2.24, 2.45) is 5.92 Å². The van der Waals surface area contributed by atoms with Gasteiger partial charge in [-0.25, -0.2) is 0 Å². The first-order valence-electron chi connectivity index (χ1n) is 7.76. The van der Waals surface area contributed by atoms with Crippen molar-refractivity contribution >= 4 is 0 Å². The fraction of sp³-hybridized carbons (Fsp3) is 0.647. The number of hydrogen-bond acceptors (Lipinski definition) is 3. The fourth-order valence-electron chi connectivity index (χ4n) is 3.01. The van der Waals surface area contributed by atoms with E-state index in [0.29, 0.717) is 0 Å². The Kier molecular flexibility index (Phi) is 5.86. The van der Waals surface area contributed by atoms with Crippen molar-refractivity contribution in [2.75, 3.05) is 39.8 Å².